The molecule has 0 aliphatic heterocycles. The van der Waals surface area contributed by atoms with Crippen LogP contribution >= 0.6 is 11.6 Å². The average molecular weight is 295 g/mol. The van der Waals surface area contributed by atoms with Crippen molar-refractivity contribution in [2.45, 2.75) is 44.7 Å². The van der Waals surface area contributed by atoms with Crippen LogP contribution in [-0.4, -0.2) is 37.0 Å². The fraction of sp³-hybridized carbons (Fsp3) is 0.562. The number of hydrogen-bond acceptors (Lipinski definition) is 2. The third kappa shape index (κ3) is 3.33. The van der Waals surface area contributed by atoms with E-state index in [0.29, 0.717) is 22.7 Å². The van der Waals surface area contributed by atoms with Crippen LogP contribution in [0.3, 0.4) is 0 Å². The van der Waals surface area contributed by atoms with Crippen molar-refractivity contribution in [1.29, 1.82) is 0 Å². The van der Waals surface area contributed by atoms with Gasteiger partial charge in [-0.3, -0.25) is 4.79 Å². The number of hydrogen-bond donors (Lipinski definition) is 1. The van der Waals surface area contributed by atoms with Crippen LogP contribution < -0.4 is 5.32 Å². The lowest BCUT2D eigenvalue weighted by atomic mass is 9.90. The smallest absolute Gasteiger partial charge is 0.255 e. The SMILES string of the molecule is CNC1CCC(N(C)C(=O)c2ccc(C)cc2Cl)CC1. The topological polar surface area (TPSA) is 32.3 Å². The van der Waals surface area contributed by atoms with Crippen molar-refractivity contribution >= 4 is 17.5 Å². The molecule has 1 aromatic rings. The summed E-state index contributed by atoms with van der Waals surface area (Å²) in [4.78, 5) is 14.4. The van der Waals surface area contributed by atoms with Gasteiger partial charge in [0, 0.05) is 19.1 Å². The van der Waals surface area contributed by atoms with Crippen LogP contribution in [0, 0.1) is 6.92 Å². The van der Waals surface area contributed by atoms with Gasteiger partial charge in [0.2, 0.25) is 0 Å². The molecule has 1 fully saturated rings. The van der Waals surface area contributed by atoms with Gasteiger partial charge in [0.25, 0.3) is 5.91 Å². The summed E-state index contributed by atoms with van der Waals surface area (Å²) in [5.41, 5.74) is 1.68. The van der Waals surface area contributed by atoms with E-state index < -0.39 is 0 Å². The normalized spacial score (nSPS) is 22.6. The van der Waals surface area contributed by atoms with E-state index in [2.05, 4.69) is 5.32 Å². The van der Waals surface area contributed by atoms with Crippen LogP contribution in [0.2, 0.25) is 5.02 Å². The number of halogens is 1. The third-order valence-electron chi connectivity index (χ3n) is 4.33. The maximum absolute atomic E-state index is 12.6. The number of rotatable bonds is 3. The van der Waals surface area contributed by atoms with E-state index in [4.69, 9.17) is 11.6 Å². The fourth-order valence-corrected chi connectivity index (χ4v) is 3.22. The number of carbonyl (C=O) groups is 1. The molecule has 0 radical (unpaired) electrons. The number of nitrogens with one attached hydrogen (secondary N) is 1. The lowest BCUT2D eigenvalue weighted by Gasteiger charge is -2.34. The summed E-state index contributed by atoms with van der Waals surface area (Å²) in [5, 5.41) is 3.86. The Balaban J connectivity index is 2.05. The Morgan fingerprint density at radius 1 is 1.30 bits per heavy atom. The highest BCUT2D eigenvalue weighted by molar-refractivity contribution is 6.33. The van der Waals surface area contributed by atoms with Crippen LogP contribution in [0.15, 0.2) is 18.2 Å². The first-order chi connectivity index (χ1) is 9.52. The van der Waals surface area contributed by atoms with Crippen molar-refractivity contribution in [3.63, 3.8) is 0 Å². The largest absolute Gasteiger partial charge is 0.339 e. The highest BCUT2D eigenvalue weighted by Gasteiger charge is 2.27. The minimum atomic E-state index is 0.0305. The molecule has 1 aromatic carbocycles. The number of benzene rings is 1. The van der Waals surface area contributed by atoms with Crippen LogP contribution in [0.5, 0.6) is 0 Å². The number of carbonyl (C=O) groups excluding carboxylic acids is 1. The number of amides is 1. The van der Waals surface area contributed by atoms with Crippen molar-refractivity contribution in [3.8, 4) is 0 Å². The van der Waals surface area contributed by atoms with Gasteiger partial charge in [-0.15, -0.1) is 0 Å². The highest BCUT2D eigenvalue weighted by atomic mass is 35.5. The quantitative estimate of drug-likeness (QED) is 0.928. The lowest BCUT2D eigenvalue weighted by molar-refractivity contribution is 0.0686. The number of nitrogens with zero attached hydrogens (tertiary/aromatic N) is 1. The average Bonchev–Trinajstić information content (AvgIpc) is 2.46. The van der Waals surface area contributed by atoms with Gasteiger partial charge >= 0.3 is 0 Å². The Morgan fingerprint density at radius 3 is 2.50 bits per heavy atom. The van der Waals surface area contributed by atoms with Gasteiger partial charge < -0.3 is 10.2 Å². The highest BCUT2D eigenvalue weighted by Crippen LogP contribution is 2.25. The molecule has 1 aliphatic rings. The molecule has 0 saturated heterocycles. The van der Waals surface area contributed by atoms with Crippen LogP contribution in [-0.2, 0) is 0 Å². The molecule has 0 heterocycles. The predicted molar refractivity (Wildman–Crippen MR) is 83.4 cm³/mol. The predicted octanol–water partition coefficient (Wildman–Crippen LogP) is 3.25. The van der Waals surface area contributed by atoms with Gasteiger partial charge in [-0.2, -0.15) is 0 Å². The second-order valence-corrected chi connectivity index (χ2v) is 6.10. The molecule has 4 heteroatoms. The first-order valence-electron chi connectivity index (χ1n) is 7.23. The maximum Gasteiger partial charge on any atom is 0.255 e. The Hall–Kier alpha value is -1.06. The van der Waals surface area contributed by atoms with Crippen LogP contribution in [0.4, 0.5) is 0 Å². The molecule has 0 unspecified atom stereocenters. The van der Waals surface area contributed by atoms with Crippen molar-refractivity contribution in [2.75, 3.05) is 14.1 Å². The molecule has 2 rings (SSSR count). The molecule has 1 saturated carbocycles. The van der Waals surface area contributed by atoms with Gasteiger partial charge in [0.1, 0.15) is 0 Å². The van der Waals surface area contributed by atoms with E-state index in [1.807, 2.05) is 44.1 Å². The second kappa shape index (κ2) is 6.59. The summed E-state index contributed by atoms with van der Waals surface area (Å²) >= 11 is 6.20. The summed E-state index contributed by atoms with van der Waals surface area (Å²) in [6.07, 6.45) is 4.36. The Bertz CT molecular complexity index is 481. The molecule has 1 amide bonds. The Kier molecular flexibility index (Phi) is 5.06. The first-order valence-corrected chi connectivity index (χ1v) is 7.61. The molecule has 1 aliphatic carbocycles. The second-order valence-electron chi connectivity index (χ2n) is 5.69. The minimum Gasteiger partial charge on any atom is -0.339 e. The van der Waals surface area contributed by atoms with Gasteiger partial charge in [-0.05, 0) is 57.4 Å². The first kappa shape index (κ1) is 15.3. The molecular formula is C16H23ClN2O. The van der Waals surface area contributed by atoms with E-state index in [9.17, 15) is 4.79 Å². The van der Waals surface area contributed by atoms with E-state index in [1.165, 1.54) is 0 Å². The summed E-state index contributed by atoms with van der Waals surface area (Å²) in [6.45, 7) is 1.98. The van der Waals surface area contributed by atoms with E-state index >= 15 is 0 Å². The number of aryl methyl sites for hydroxylation is 1. The molecule has 1 N–H and O–H groups in total. The van der Waals surface area contributed by atoms with Crippen LogP contribution in [0.25, 0.3) is 0 Å². The van der Waals surface area contributed by atoms with Gasteiger partial charge in [-0.25, -0.2) is 0 Å². The summed E-state index contributed by atoms with van der Waals surface area (Å²) < 4.78 is 0. The lowest BCUT2D eigenvalue weighted by Crippen LogP contribution is -2.42. The molecule has 20 heavy (non-hydrogen) atoms. The van der Waals surface area contributed by atoms with Crippen LogP contribution in [0.1, 0.15) is 41.6 Å². The molecule has 0 bridgehead atoms. The molecule has 110 valence electrons. The zero-order valence-electron chi connectivity index (χ0n) is 12.4. The van der Waals surface area contributed by atoms with Gasteiger partial charge in [-0.1, -0.05) is 17.7 Å². The van der Waals surface area contributed by atoms with E-state index in [1.54, 1.807) is 0 Å². The van der Waals surface area contributed by atoms with Crippen molar-refractivity contribution in [1.82, 2.24) is 10.2 Å². The molecule has 0 aromatic heterocycles. The van der Waals surface area contributed by atoms with E-state index in [-0.39, 0.29) is 5.91 Å². The van der Waals surface area contributed by atoms with Crippen molar-refractivity contribution in [3.05, 3.63) is 34.3 Å². The standard InChI is InChI=1S/C16H23ClN2O/c1-11-4-9-14(15(17)10-11)16(20)19(3)13-7-5-12(18-2)6-8-13/h4,9-10,12-13,18H,5-8H2,1-3H3. The van der Waals surface area contributed by atoms with Crippen molar-refractivity contribution in [2.24, 2.45) is 0 Å². The van der Waals surface area contributed by atoms with Gasteiger partial charge in [0.15, 0.2) is 0 Å². The summed E-state index contributed by atoms with van der Waals surface area (Å²) in [7, 11) is 3.90. The summed E-state index contributed by atoms with van der Waals surface area (Å²) in [5.74, 6) is 0.0305. The summed E-state index contributed by atoms with van der Waals surface area (Å²) in [6, 6.07) is 6.53. The molecule has 0 atom stereocenters. The maximum atomic E-state index is 12.6. The van der Waals surface area contributed by atoms with E-state index in [0.717, 1.165) is 31.2 Å². The Morgan fingerprint density at radius 2 is 1.95 bits per heavy atom. The molecule has 0 spiro atoms. The third-order valence-corrected chi connectivity index (χ3v) is 4.64. The Labute approximate surface area is 126 Å². The molecule has 3 nitrogen and oxygen atoms in total. The molecular weight excluding hydrogens is 272 g/mol. The van der Waals surface area contributed by atoms with Crippen molar-refractivity contribution < 1.29 is 4.79 Å². The zero-order chi connectivity index (χ0) is 14.7. The zero-order valence-corrected chi connectivity index (χ0v) is 13.2. The minimum absolute atomic E-state index is 0.0305. The van der Waals surface area contributed by atoms with Gasteiger partial charge in [0.05, 0.1) is 10.6 Å². The monoisotopic (exact) mass is 294 g/mol. The fourth-order valence-electron chi connectivity index (χ4n) is 2.90.